The minimum absolute atomic E-state index is 0.488. The Morgan fingerprint density at radius 2 is 2.33 bits per heavy atom. The Balaban J connectivity index is 2.40. The first-order valence-corrected chi connectivity index (χ1v) is 4.57. The molecule has 0 saturated carbocycles. The number of hydrogen-bond acceptors (Lipinski definition) is 6. The Bertz CT molecular complexity index is 450. The van der Waals surface area contributed by atoms with Crippen LogP contribution in [0.2, 0.25) is 0 Å². The Hall–Kier alpha value is -1.89. The molecule has 2 rings (SSSR count). The van der Waals surface area contributed by atoms with E-state index in [1.54, 1.807) is 16.9 Å². The van der Waals surface area contributed by atoms with Gasteiger partial charge in [0, 0.05) is 12.7 Å². The maximum Gasteiger partial charge on any atom is 0.200 e. The molecule has 2 aromatic rings. The van der Waals surface area contributed by atoms with Crippen LogP contribution in [-0.4, -0.2) is 36.7 Å². The number of nitrogens with zero attached hydrogens (tertiary/aromatic N) is 6. The van der Waals surface area contributed by atoms with Gasteiger partial charge in [-0.1, -0.05) is 0 Å². The van der Waals surface area contributed by atoms with Gasteiger partial charge >= 0.3 is 0 Å². The van der Waals surface area contributed by atoms with Crippen LogP contribution in [0.15, 0.2) is 12.3 Å². The summed E-state index contributed by atoms with van der Waals surface area (Å²) in [5.41, 5.74) is 6.16. The molecule has 0 amide bonds. The molecule has 7 heteroatoms. The summed E-state index contributed by atoms with van der Waals surface area (Å²) in [4.78, 5) is 8.25. The van der Waals surface area contributed by atoms with Crippen molar-refractivity contribution in [3.63, 3.8) is 0 Å². The van der Waals surface area contributed by atoms with Gasteiger partial charge in [-0.15, -0.1) is 5.10 Å². The lowest BCUT2D eigenvalue weighted by molar-refractivity contribution is 0.602. The minimum Gasteiger partial charge on any atom is -0.329 e. The average molecular weight is 205 g/mol. The average Bonchev–Trinajstić information content (AvgIpc) is 2.66. The highest BCUT2D eigenvalue weighted by Crippen LogP contribution is 2.11. The van der Waals surface area contributed by atoms with Crippen LogP contribution in [0.5, 0.6) is 0 Å². The number of nitrogens with two attached hydrogens (primary N) is 1. The largest absolute Gasteiger partial charge is 0.329 e. The second-order valence-electron chi connectivity index (χ2n) is 3.00. The van der Waals surface area contributed by atoms with Gasteiger partial charge < -0.3 is 5.73 Å². The summed E-state index contributed by atoms with van der Waals surface area (Å²) in [5.74, 6) is 1.31. The summed E-state index contributed by atoms with van der Waals surface area (Å²) in [6.07, 6.45) is 1.68. The molecular weight excluding hydrogens is 194 g/mol. The van der Waals surface area contributed by atoms with E-state index in [9.17, 15) is 0 Å². The van der Waals surface area contributed by atoms with Gasteiger partial charge in [-0.05, 0) is 23.4 Å². The topological polar surface area (TPSA) is 95.4 Å². The molecule has 0 saturated heterocycles. The van der Waals surface area contributed by atoms with E-state index >= 15 is 0 Å². The van der Waals surface area contributed by atoms with Gasteiger partial charge in [0.1, 0.15) is 11.5 Å². The molecule has 0 radical (unpaired) electrons. The summed E-state index contributed by atoms with van der Waals surface area (Å²) in [6.45, 7) is 2.88. The first-order valence-electron chi connectivity index (χ1n) is 4.57. The van der Waals surface area contributed by atoms with Crippen LogP contribution in [-0.2, 0) is 6.54 Å². The van der Waals surface area contributed by atoms with Crippen molar-refractivity contribution in [2.45, 2.75) is 13.5 Å². The number of aryl methyl sites for hydroxylation is 1. The molecule has 78 valence electrons. The monoisotopic (exact) mass is 205 g/mol. The SMILES string of the molecule is Cc1nccc(-c2nnnn2CCN)n1. The van der Waals surface area contributed by atoms with E-state index in [-0.39, 0.29) is 0 Å². The molecule has 0 aromatic carbocycles. The third-order valence-electron chi connectivity index (χ3n) is 1.88. The Kier molecular flexibility index (Phi) is 2.64. The van der Waals surface area contributed by atoms with E-state index in [0.29, 0.717) is 30.4 Å². The highest BCUT2D eigenvalue weighted by Gasteiger charge is 2.09. The lowest BCUT2D eigenvalue weighted by Gasteiger charge is -2.01. The van der Waals surface area contributed by atoms with E-state index in [2.05, 4.69) is 25.5 Å². The summed E-state index contributed by atoms with van der Waals surface area (Å²) in [6, 6.07) is 1.77. The number of tetrazole rings is 1. The maximum absolute atomic E-state index is 5.45. The molecule has 2 aromatic heterocycles. The maximum atomic E-state index is 5.45. The van der Waals surface area contributed by atoms with Crippen LogP contribution in [0.3, 0.4) is 0 Å². The van der Waals surface area contributed by atoms with Crippen molar-refractivity contribution in [3.8, 4) is 11.5 Å². The van der Waals surface area contributed by atoms with Crippen molar-refractivity contribution in [1.82, 2.24) is 30.2 Å². The molecule has 0 aliphatic rings. The molecule has 2 N–H and O–H groups in total. The third-order valence-corrected chi connectivity index (χ3v) is 1.88. The second kappa shape index (κ2) is 4.09. The van der Waals surface area contributed by atoms with Gasteiger partial charge in [0.15, 0.2) is 0 Å². The van der Waals surface area contributed by atoms with Gasteiger partial charge in [-0.25, -0.2) is 14.6 Å². The normalized spacial score (nSPS) is 10.5. The zero-order valence-corrected chi connectivity index (χ0v) is 8.33. The molecule has 7 nitrogen and oxygen atoms in total. The molecule has 15 heavy (non-hydrogen) atoms. The third kappa shape index (κ3) is 1.96. The molecule has 0 spiro atoms. The second-order valence-corrected chi connectivity index (χ2v) is 3.00. The molecule has 0 atom stereocenters. The van der Waals surface area contributed by atoms with Crippen molar-refractivity contribution in [1.29, 1.82) is 0 Å². The predicted molar refractivity (Wildman–Crippen MR) is 52.6 cm³/mol. The quantitative estimate of drug-likeness (QED) is 0.718. The molecule has 0 fully saturated rings. The summed E-state index contributed by atoms with van der Waals surface area (Å²) < 4.78 is 1.63. The van der Waals surface area contributed by atoms with Gasteiger partial charge in [-0.2, -0.15) is 0 Å². The van der Waals surface area contributed by atoms with E-state index in [1.165, 1.54) is 0 Å². The van der Waals surface area contributed by atoms with Crippen molar-refractivity contribution in [2.75, 3.05) is 6.54 Å². The standard InChI is InChI=1S/C8H11N7/c1-6-10-4-2-7(11-6)8-12-13-14-15(8)5-3-9/h2,4H,3,5,9H2,1H3. The fourth-order valence-electron chi connectivity index (χ4n) is 1.24. The van der Waals surface area contributed by atoms with Crippen LogP contribution in [0.25, 0.3) is 11.5 Å². The molecule has 0 bridgehead atoms. The molecular formula is C8H11N7. The van der Waals surface area contributed by atoms with Gasteiger partial charge in [0.2, 0.25) is 5.82 Å². The number of rotatable bonds is 3. The van der Waals surface area contributed by atoms with E-state index in [4.69, 9.17) is 5.73 Å². The fraction of sp³-hybridized carbons (Fsp3) is 0.375. The minimum atomic E-state index is 0.488. The zero-order chi connectivity index (χ0) is 10.7. The van der Waals surface area contributed by atoms with Gasteiger partial charge in [-0.3, -0.25) is 0 Å². The van der Waals surface area contributed by atoms with E-state index in [0.717, 1.165) is 0 Å². The lowest BCUT2D eigenvalue weighted by atomic mass is 10.4. The van der Waals surface area contributed by atoms with E-state index < -0.39 is 0 Å². The molecule has 0 aliphatic carbocycles. The lowest BCUT2D eigenvalue weighted by Crippen LogP contribution is -2.12. The van der Waals surface area contributed by atoms with Gasteiger partial charge in [0.25, 0.3) is 0 Å². The molecule has 0 aliphatic heterocycles. The molecule has 2 heterocycles. The highest BCUT2D eigenvalue weighted by molar-refractivity contribution is 5.47. The van der Waals surface area contributed by atoms with Crippen LogP contribution in [0.1, 0.15) is 5.82 Å². The first-order chi connectivity index (χ1) is 7.31. The van der Waals surface area contributed by atoms with Crippen molar-refractivity contribution >= 4 is 0 Å². The van der Waals surface area contributed by atoms with Crippen molar-refractivity contribution < 1.29 is 0 Å². The zero-order valence-electron chi connectivity index (χ0n) is 8.33. The Morgan fingerprint density at radius 1 is 1.47 bits per heavy atom. The summed E-state index contributed by atoms with van der Waals surface area (Å²) >= 11 is 0. The smallest absolute Gasteiger partial charge is 0.200 e. The summed E-state index contributed by atoms with van der Waals surface area (Å²) in [7, 11) is 0. The number of hydrogen-bond donors (Lipinski definition) is 1. The fourth-order valence-corrected chi connectivity index (χ4v) is 1.24. The van der Waals surface area contributed by atoms with Crippen LogP contribution < -0.4 is 5.73 Å². The molecule has 0 unspecified atom stereocenters. The van der Waals surface area contributed by atoms with Crippen molar-refractivity contribution in [2.24, 2.45) is 5.73 Å². The van der Waals surface area contributed by atoms with Crippen molar-refractivity contribution in [3.05, 3.63) is 18.1 Å². The van der Waals surface area contributed by atoms with Crippen LogP contribution in [0.4, 0.5) is 0 Å². The van der Waals surface area contributed by atoms with Crippen LogP contribution >= 0.6 is 0 Å². The Morgan fingerprint density at radius 3 is 3.07 bits per heavy atom. The first kappa shape index (κ1) is 9.66. The van der Waals surface area contributed by atoms with Gasteiger partial charge in [0.05, 0.1) is 6.54 Å². The predicted octanol–water partition coefficient (Wildman–Crippen LogP) is -0.603. The summed E-state index contributed by atoms with van der Waals surface area (Å²) in [5, 5.41) is 11.3. The number of aromatic nitrogens is 6. The highest BCUT2D eigenvalue weighted by atomic mass is 15.5. The van der Waals surface area contributed by atoms with Crippen LogP contribution in [0, 0.1) is 6.92 Å². The Labute approximate surface area is 86.3 Å². The van der Waals surface area contributed by atoms with E-state index in [1.807, 2.05) is 6.92 Å².